The summed E-state index contributed by atoms with van der Waals surface area (Å²) in [5, 5.41) is 0. The van der Waals surface area contributed by atoms with Gasteiger partial charge in [0.2, 0.25) is 0 Å². The molecule has 0 nitrogen and oxygen atoms in total. The molecule has 0 unspecified atom stereocenters. The second-order valence-electron chi connectivity index (χ2n) is 0. The van der Waals surface area contributed by atoms with Gasteiger partial charge in [-0.1, -0.05) is 186 Å². The van der Waals surface area contributed by atoms with Gasteiger partial charge in [0, 0.05) is 0 Å². The lowest BCUT2D eigenvalue weighted by molar-refractivity contribution is 2.50. The number of hydrogen-bond acceptors (Lipinski definition) is 0. The molecule has 0 atom stereocenters. The quantitative estimate of drug-likeness (QED) is 0.379. The van der Waals surface area contributed by atoms with Crippen LogP contribution < -0.4 is 0 Å². The second kappa shape index (κ2) is 0. The van der Waals surface area contributed by atoms with Crippen LogP contribution in [0.5, 0.6) is 0 Å². The van der Waals surface area contributed by atoms with Crippen molar-refractivity contribution in [2.45, 2.75) is 186 Å². The predicted molar refractivity (Wildman–Crippen MR) is 168 cm³/mol. The van der Waals surface area contributed by atoms with Gasteiger partial charge >= 0.3 is 0 Å². The number of rotatable bonds is 0. The average molecular weight is 401 g/mol. The van der Waals surface area contributed by atoms with Crippen LogP contribution in [0.3, 0.4) is 0 Å². The van der Waals surface area contributed by atoms with Crippen molar-refractivity contribution >= 4 is 0 Å². The molecule has 0 rings (SSSR count). The summed E-state index contributed by atoms with van der Waals surface area (Å²) in [4.78, 5) is 0. The Labute approximate surface area is 186 Å². The van der Waals surface area contributed by atoms with Crippen molar-refractivity contribution < 1.29 is 0 Å². The first-order valence-corrected chi connectivity index (χ1v) is 0. The smallest absolute Gasteiger partial charge is 0.0776 e. The van der Waals surface area contributed by atoms with E-state index >= 15 is 0 Å². The molecule has 0 aromatic rings. The van der Waals surface area contributed by atoms with Crippen LogP contribution in [-0.4, -0.2) is 0 Å². The molecule has 25 heavy (non-hydrogen) atoms. The van der Waals surface area contributed by atoms with Gasteiger partial charge in [0.25, 0.3) is 0 Å². The van der Waals surface area contributed by atoms with Crippen molar-refractivity contribution in [3.8, 4) is 0 Å². The van der Waals surface area contributed by atoms with Gasteiger partial charge in [-0.05, 0) is 0 Å². The standard InChI is InChI=1S/25CH4/h25*1H4. The first-order chi connectivity index (χ1) is 0. The molecule has 0 amide bonds. The summed E-state index contributed by atoms with van der Waals surface area (Å²) >= 11 is 0. The van der Waals surface area contributed by atoms with Gasteiger partial charge in [-0.15, -0.1) is 0 Å². The zero-order valence-corrected chi connectivity index (χ0v) is 0. The Kier molecular flexibility index (Phi) is 0. The van der Waals surface area contributed by atoms with Crippen LogP contribution in [0.2, 0.25) is 0 Å². The largest absolute Gasteiger partial charge is 0.0776 e. The van der Waals surface area contributed by atoms with E-state index < -0.39 is 0 Å². The van der Waals surface area contributed by atoms with Crippen LogP contribution in [0.15, 0.2) is 0 Å². The molecule has 0 aromatic carbocycles. The van der Waals surface area contributed by atoms with Crippen LogP contribution >= 0.6 is 0 Å². The molecule has 200 valence electrons. The van der Waals surface area contributed by atoms with Crippen molar-refractivity contribution in [2.24, 2.45) is 0 Å². The molecule has 0 N–H and O–H groups in total. The van der Waals surface area contributed by atoms with Crippen LogP contribution in [0, 0.1) is 0 Å². The Morgan fingerprint density at radius 2 is 0.0400 bits per heavy atom. The molecule has 0 spiro atoms. The molecule has 0 aliphatic heterocycles. The molecule has 0 heteroatoms. The van der Waals surface area contributed by atoms with E-state index in [0.29, 0.717) is 0 Å². The molecule has 0 saturated heterocycles. The third-order valence-corrected chi connectivity index (χ3v) is 0. The maximum atomic E-state index is 0. The molecule has 0 aliphatic rings. The van der Waals surface area contributed by atoms with E-state index in [9.17, 15) is 0 Å². The van der Waals surface area contributed by atoms with Gasteiger partial charge in [-0.25, -0.2) is 0 Å². The summed E-state index contributed by atoms with van der Waals surface area (Å²) in [5.41, 5.74) is 0. The summed E-state index contributed by atoms with van der Waals surface area (Å²) < 4.78 is 0. The fourth-order valence-corrected chi connectivity index (χ4v) is 0. The van der Waals surface area contributed by atoms with Crippen LogP contribution in [0.1, 0.15) is 186 Å². The van der Waals surface area contributed by atoms with E-state index in [1.54, 1.807) is 0 Å². The molecule has 0 heterocycles. The minimum absolute atomic E-state index is 0. The molecule has 0 aliphatic carbocycles. The van der Waals surface area contributed by atoms with Gasteiger partial charge in [-0.2, -0.15) is 0 Å². The zero-order valence-electron chi connectivity index (χ0n) is 0. The maximum absolute atomic E-state index is 0. The van der Waals surface area contributed by atoms with E-state index in [-0.39, 0.29) is 186 Å². The second-order valence-corrected chi connectivity index (χ2v) is 0. The monoisotopic (exact) mass is 401 g/mol. The Morgan fingerprint density at radius 1 is 0.0400 bits per heavy atom. The first kappa shape index (κ1) is 0. The molecular weight excluding hydrogens is 300 g/mol. The summed E-state index contributed by atoms with van der Waals surface area (Å²) in [5.74, 6) is 0. The van der Waals surface area contributed by atoms with E-state index in [1.165, 1.54) is 0 Å². The molecule has 0 saturated carbocycles. The Hall–Kier alpha value is 0. The lowest BCUT2D eigenvalue weighted by Gasteiger charge is -0.0786. The van der Waals surface area contributed by atoms with Gasteiger partial charge in [-0.3, -0.25) is 0 Å². The van der Waals surface area contributed by atoms with Crippen molar-refractivity contribution in [3.05, 3.63) is 0 Å². The molecule has 0 aromatic heterocycles. The third-order valence-electron chi connectivity index (χ3n) is 0. The number of hydrogen-bond donors (Lipinski definition) is 0. The van der Waals surface area contributed by atoms with Crippen molar-refractivity contribution in [1.29, 1.82) is 0 Å². The van der Waals surface area contributed by atoms with Crippen molar-refractivity contribution in [2.75, 3.05) is 0 Å². The van der Waals surface area contributed by atoms with Gasteiger partial charge < -0.3 is 0 Å². The van der Waals surface area contributed by atoms with E-state index in [0.717, 1.165) is 0 Å². The maximum Gasteiger partial charge on any atom is -0.0776 e. The Balaban J connectivity index is 0. The predicted octanol–water partition coefficient (Wildman–Crippen LogP) is 15.9. The third kappa shape index (κ3) is 0. The summed E-state index contributed by atoms with van der Waals surface area (Å²) in [7, 11) is 0. The highest BCUT2D eigenvalue weighted by atomic mass is 12.0. The van der Waals surface area contributed by atoms with Crippen molar-refractivity contribution in [1.82, 2.24) is 0 Å². The zero-order chi connectivity index (χ0) is 0. The van der Waals surface area contributed by atoms with Gasteiger partial charge in [0.05, 0.1) is 0 Å². The minimum atomic E-state index is 0. The van der Waals surface area contributed by atoms with Gasteiger partial charge in [0.1, 0.15) is 0 Å². The SMILES string of the molecule is C.C.C.C.C.C.C.C.C.C.C.C.C.C.C.C.C.C.C.C.C.C.C.C.C. The summed E-state index contributed by atoms with van der Waals surface area (Å²) in [6, 6.07) is 0. The minimum Gasteiger partial charge on any atom is -0.0776 e. The molecular formula is C25H100. The highest BCUT2D eigenvalue weighted by Crippen LogP contribution is 0.168. The summed E-state index contributed by atoms with van der Waals surface area (Å²) in [6.07, 6.45) is 0. The lowest BCUT2D eigenvalue weighted by Crippen LogP contribution is 0.143. The molecule has 0 bridgehead atoms. The topological polar surface area (TPSA) is 0 Å². The van der Waals surface area contributed by atoms with Crippen LogP contribution in [-0.2, 0) is 0 Å². The first-order valence-electron chi connectivity index (χ1n) is 0. The lowest BCUT2D eigenvalue weighted by atomic mass is 12.0. The van der Waals surface area contributed by atoms with Crippen molar-refractivity contribution in [3.63, 3.8) is 0 Å². The normalized spacial score (nSPS) is 0. The molecule has 0 fully saturated rings. The van der Waals surface area contributed by atoms with Crippen LogP contribution in [0.25, 0.3) is 0 Å². The highest BCUT2D eigenvalue weighted by molar-refractivity contribution is 2.53. The Bertz CT molecular complexity index is 0. The van der Waals surface area contributed by atoms with Crippen LogP contribution in [0.4, 0.5) is 0 Å². The van der Waals surface area contributed by atoms with E-state index in [4.69, 9.17) is 0 Å². The average Bonchev–Trinajstić information content (AvgIpc) is 0. The fourth-order valence-electron chi connectivity index (χ4n) is 0. The molecule has 0 radical (unpaired) electrons. The summed E-state index contributed by atoms with van der Waals surface area (Å²) in [6.45, 7) is 0. The van der Waals surface area contributed by atoms with E-state index in [1.807, 2.05) is 0 Å². The fraction of sp³-hybridized carbons (Fsp3) is 1.00. The van der Waals surface area contributed by atoms with Gasteiger partial charge in [0.15, 0.2) is 0 Å². The Morgan fingerprint density at radius 3 is 0.0400 bits per heavy atom. The van der Waals surface area contributed by atoms with E-state index in [2.05, 4.69) is 0 Å². The highest BCUT2D eigenvalue weighted by Gasteiger charge is -0.0536.